The van der Waals surface area contributed by atoms with Crippen LogP contribution in [0.5, 0.6) is 0 Å². The second-order valence-corrected chi connectivity index (χ2v) is 3.44. The molecule has 4 atom stereocenters. The third-order valence-corrected chi connectivity index (χ3v) is 2.50. The van der Waals surface area contributed by atoms with Gasteiger partial charge in [0.15, 0.2) is 0 Å². The van der Waals surface area contributed by atoms with Crippen molar-refractivity contribution in [1.82, 2.24) is 0 Å². The molecular formula is C9H16O2. The molecule has 1 aliphatic carbocycles. The number of aliphatic hydroxyl groups excluding tert-OH is 2. The van der Waals surface area contributed by atoms with E-state index in [4.69, 9.17) is 0 Å². The quantitative estimate of drug-likeness (QED) is 0.512. The zero-order valence-corrected chi connectivity index (χ0v) is 7.07. The van der Waals surface area contributed by atoms with Crippen LogP contribution in [0.15, 0.2) is 12.2 Å². The van der Waals surface area contributed by atoms with E-state index in [1.165, 1.54) is 0 Å². The van der Waals surface area contributed by atoms with Crippen LogP contribution in [0.2, 0.25) is 0 Å². The van der Waals surface area contributed by atoms with Crippen molar-refractivity contribution in [2.45, 2.75) is 32.5 Å². The standard InChI is InChI=1S/C9H16O2/c1-6-4-3-5-8(10)7(2)9(6)11/h3-4,6-11H,5H2,1-2H3/t6-,7+,8+,9-/m1/s1. The molecule has 0 saturated heterocycles. The predicted molar refractivity (Wildman–Crippen MR) is 44.1 cm³/mol. The van der Waals surface area contributed by atoms with Crippen molar-refractivity contribution in [3.05, 3.63) is 12.2 Å². The topological polar surface area (TPSA) is 40.5 Å². The van der Waals surface area contributed by atoms with E-state index in [1.54, 1.807) is 0 Å². The Morgan fingerprint density at radius 1 is 1.27 bits per heavy atom. The molecule has 2 nitrogen and oxygen atoms in total. The first-order chi connectivity index (χ1) is 5.13. The Morgan fingerprint density at radius 3 is 2.55 bits per heavy atom. The van der Waals surface area contributed by atoms with Gasteiger partial charge >= 0.3 is 0 Å². The maximum absolute atomic E-state index is 9.59. The second-order valence-electron chi connectivity index (χ2n) is 3.44. The van der Waals surface area contributed by atoms with Crippen LogP contribution in [0, 0.1) is 11.8 Å². The summed E-state index contributed by atoms with van der Waals surface area (Å²) in [6.45, 7) is 3.86. The summed E-state index contributed by atoms with van der Waals surface area (Å²) < 4.78 is 0. The highest BCUT2D eigenvalue weighted by atomic mass is 16.3. The highest BCUT2D eigenvalue weighted by Gasteiger charge is 2.26. The molecule has 0 spiro atoms. The van der Waals surface area contributed by atoms with Gasteiger partial charge < -0.3 is 10.2 Å². The minimum atomic E-state index is -0.399. The molecule has 0 aromatic carbocycles. The zero-order chi connectivity index (χ0) is 8.43. The molecule has 0 heterocycles. The van der Waals surface area contributed by atoms with Crippen molar-refractivity contribution >= 4 is 0 Å². The lowest BCUT2D eigenvalue weighted by atomic mass is 9.91. The van der Waals surface area contributed by atoms with E-state index >= 15 is 0 Å². The minimum absolute atomic E-state index is 0.0139. The van der Waals surface area contributed by atoms with E-state index in [-0.39, 0.29) is 17.9 Å². The molecule has 0 amide bonds. The van der Waals surface area contributed by atoms with Crippen molar-refractivity contribution in [1.29, 1.82) is 0 Å². The molecule has 1 rings (SSSR count). The molecule has 0 aromatic heterocycles. The molecule has 11 heavy (non-hydrogen) atoms. The molecule has 0 fully saturated rings. The van der Waals surface area contributed by atoms with Gasteiger partial charge in [-0.3, -0.25) is 0 Å². The normalized spacial score (nSPS) is 45.5. The first kappa shape index (κ1) is 8.75. The third-order valence-electron chi connectivity index (χ3n) is 2.50. The first-order valence-corrected chi connectivity index (χ1v) is 4.15. The average molecular weight is 156 g/mol. The molecule has 0 saturated carbocycles. The summed E-state index contributed by atoms with van der Waals surface area (Å²) in [4.78, 5) is 0. The summed E-state index contributed by atoms with van der Waals surface area (Å²) in [5.41, 5.74) is 0. The maximum Gasteiger partial charge on any atom is 0.0650 e. The Labute approximate surface area is 67.6 Å². The first-order valence-electron chi connectivity index (χ1n) is 4.15. The fourth-order valence-electron chi connectivity index (χ4n) is 1.47. The van der Waals surface area contributed by atoms with Gasteiger partial charge in [-0.1, -0.05) is 26.0 Å². The van der Waals surface area contributed by atoms with Crippen molar-refractivity contribution in [3.63, 3.8) is 0 Å². The van der Waals surface area contributed by atoms with E-state index in [0.717, 1.165) is 0 Å². The minimum Gasteiger partial charge on any atom is -0.392 e. The van der Waals surface area contributed by atoms with Crippen LogP contribution in [0.3, 0.4) is 0 Å². The average Bonchev–Trinajstić information content (AvgIpc) is 2.07. The molecule has 2 heteroatoms. The van der Waals surface area contributed by atoms with Gasteiger partial charge in [0.1, 0.15) is 0 Å². The van der Waals surface area contributed by atoms with E-state index in [2.05, 4.69) is 0 Å². The van der Waals surface area contributed by atoms with Crippen LogP contribution in [0.1, 0.15) is 20.3 Å². The summed E-state index contributed by atoms with van der Waals surface area (Å²) in [7, 11) is 0. The lowest BCUT2D eigenvalue weighted by Crippen LogP contribution is -2.31. The summed E-state index contributed by atoms with van der Waals surface area (Å²) in [6.07, 6.45) is 3.80. The van der Waals surface area contributed by atoms with Gasteiger partial charge in [0.05, 0.1) is 12.2 Å². The Balaban J connectivity index is 2.68. The van der Waals surface area contributed by atoms with Crippen molar-refractivity contribution < 1.29 is 10.2 Å². The van der Waals surface area contributed by atoms with Gasteiger partial charge in [0, 0.05) is 11.8 Å². The monoisotopic (exact) mass is 156 g/mol. The van der Waals surface area contributed by atoms with E-state index < -0.39 is 6.10 Å². The molecule has 0 radical (unpaired) electrons. The Hall–Kier alpha value is -0.340. The van der Waals surface area contributed by atoms with Crippen molar-refractivity contribution in [3.8, 4) is 0 Å². The predicted octanol–water partition coefficient (Wildman–Crippen LogP) is 0.940. The smallest absolute Gasteiger partial charge is 0.0650 e. The Morgan fingerprint density at radius 2 is 1.91 bits per heavy atom. The summed E-state index contributed by atoms with van der Waals surface area (Å²) in [6, 6.07) is 0. The number of hydrogen-bond acceptors (Lipinski definition) is 2. The van der Waals surface area contributed by atoms with Gasteiger partial charge in [-0.25, -0.2) is 0 Å². The molecule has 0 unspecified atom stereocenters. The molecule has 0 aromatic rings. The highest BCUT2D eigenvalue weighted by molar-refractivity contribution is 4.98. The van der Waals surface area contributed by atoms with E-state index in [0.29, 0.717) is 6.42 Å². The fraction of sp³-hybridized carbons (Fsp3) is 0.778. The maximum atomic E-state index is 9.59. The molecule has 2 N–H and O–H groups in total. The van der Waals surface area contributed by atoms with Gasteiger partial charge in [-0.15, -0.1) is 0 Å². The van der Waals surface area contributed by atoms with E-state index in [9.17, 15) is 10.2 Å². The molecule has 1 aliphatic rings. The second kappa shape index (κ2) is 3.37. The van der Waals surface area contributed by atoms with Crippen LogP contribution in [0.4, 0.5) is 0 Å². The van der Waals surface area contributed by atoms with Crippen molar-refractivity contribution in [2.24, 2.45) is 11.8 Å². The molecule has 64 valence electrons. The zero-order valence-electron chi connectivity index (χ0n) is 7.07. The van der Waals surface area contributed by atoms with Gasteiger partial charge in [-0.05, 0) is 6.42 Å². The SMILES string of the molecule is C[C@@H]1[C@H](O)[C@H](C)C=CC[C@@H]1O. The third kappa shape index (κ3) is 1.82. The fourth-order valence-corrected chi connectivity index (χ4v) is 1.47. The Bertz CT molecular complexity index is 154. The largest absolute Gasteiger partial charge is 0.392 e. The van der Waals surface area contributed by atoms with Crippen LogP contribution in [0.25, 0.3) is 0 Å². The van der Waals surface area contributed by atoms with Crippen LogP contribution < -0.4 is 0 Å². The van der Waals surface area contributed by atoms with Crippen LogP contribution in [-0.4, -0.2) is 22.4 Å². The van der Waals surface area contributed by atoms with Gasteiger partial charge in [0.25, 0.3) is 0 Å². The van der Waals surface area contributed by atoms with Crippen LogP contribution in [-0.2, 0) is 0 Å². The molecule has 0 aliphatic heterocycles. The van der Waals surface area contributed by atoms with E-state index in [1.807, 2.05) is 26.0 Å². The number of hydrogen-bond donors (Lipinski definition) is 2. The lowest BCUT2D eigenvalue weighted by Gasteiger charge is -2.23. The van der Waals surface area contributed by atoms with Crippen molar-refractivity contribution in [2.75, 3.05) is 0 Å². The Kier molecular flexibility index (Phi) is 2.68. The van der Waals surface area contributed by atoms with Gasteiger partial charge in [-0.2, -0.15) is 0 Å². The summed E-state index contributed by atoms with van der Waals surface area (Å²) in [5, 5.41) is 19.0. The van der Waals surface area contributed by atoms with Crippen LogP contribution >= 0.6 is 0 Å². The number of rotatable bonds is 0. The van der Waals surface area contributed by atoms with Gasteiger partial charge in [0.2, 0.25) is 0 Å². The number of aliphatic hydroxyl groups is 2. The summed E-state index contributed by atoms with van der Waals surface area (Å²) >= 11 is 0. The molecular weight excluding hydrogens is 140 g/mol. The lowest BCUT2D eigenvalue weighted by molar-refractivity contribution is 0.0102. The molecule has 0 bridgehead atoms. The summed E-state index contributed by atoms with van der Waals surface area (Å²) in [5.74, 6) is 0.155. The highest BCUT2D eigenvalue weighted by Crippen LogP contribution is 2.23.